The Kier molecular flexibility index (Phi) is 5.21. The lowest BCUT2D eigenvalue weighted by Gasteiger charge is -2.38. The summed E-state index contributed by atoms with van der Waals surface area (Å²) in [5.41, 5.74) is 0.367. The molecule has 2 fully saturated rings. The fourth-order valence-corrected chi connectivity index (χ4v) is 3.36. The Bertz CT molecular complexity index is 594. The molecule has 2 atom stereocenters. The Morgan fingerprint density at radius 2 is 2.17 bits per heavy atom. The quantitative estimate of drug-likeness (QED) is 0.868. The van der Waals surface area contributed by atoms with Crippen LogP contribution in [0.15, 0.2) is 10.6 Å². The van der Waals surface area contributed by atoms with E-state index in [-0.39, 0.29) is 23.9 Å². The summed E-state index contributed by atoms with van der Waals surface area (Å²) in [5.74, 6) is 1.34. The summed E-state index contributed by atoms with van der Waals surface area (Å²) in [6.07, 6.45) is 6.43. The topological polar surface area (TPSA) is 75.4 Å². The number of hydrogen-bond donors (Lipinski definition) is 1. The lowest BCUT2D eigenvalue weighted by atomic mass is 9.97. The standard InChI is InChI=1S/C18H27N3O3/c1-3-4-5-17(22)21-9-8-14(10-12(21)2)19-18(23)15-11-16(24-20-15)13-6-7-13/h11-14H,3-10H2,1-2H3,(H,19,23)/t12-,14+/m1/s1. The van der Waals surface area contributed by atoms with Gasteiger partial charge >= 0.3 is 0 Å². The number of unbranched alkanes of at least 4 members (excludes halogenated alkanes) is 1. The molecular weight excluding hydrogens is 306 g/mol. The second-order valence-corrected chi connectivity index (χ2v) is 7.12. The number of piperidine rings is 1. The number of rotatable bonds is 6. The van der Waals surface area contributed by atoms with Crippen molar-refractivity contribution in [2.24, 2.45) is 0 Å². The highest BCUT2D eigenvalue weighted by Gasteiger charge is 2.31. The first-order valence-corrected chi connectivity index (χ1v) is 9.15. The highest BCUT2D eigenvalue weighted by molar-refractivity contribution is 5.92. The van der Waals surface area contributed by atoms with Crippen LogP contribution in [0.2, 0.25) is 0 Å². The highest BCUT2D eigenvalue weighted by atomic mass is 16.5. The molecule has 1 aliphatic heterocycles. The van der Waals surface area contributed by atoms with Gasteiger partial charge in [0.05, 0.1) is 0 Å². The molecule has 2 heterocycles. The minimum atomic E-state index is -0.173. The van der Waals surface area contributed by atoms with Crippen LogP contribution in [0.25, 0.3) is 0 Å². The van der Waals surface area contributed by atoms with Gasteiger partial charge in [-0.3, -0.25) is 9.59 Å². The van der Waals surface area contributed by atoms with Gasteiger partial charge in [-0.1, -0.05) is 18.5 Å². The van der Waals surface area contributed by atoms with Crippen molar-refractivity contribution in [3.8, 4) is 0 Å². The van der Waals surface area contributed by atoms with Crippen molar-refractivity contribution in [2.45, 2.75) is 76.8 Å². The maximum atomic E-state index is 12.3. The Morgan fingerprint density at radius 3 is 2.83 bits per heavy atom. The summed E-state index contributed by atoms with van der Waals surface area (Å²) in [6.45, 7) is 4.86. The first-order valence-electron chi connectivity index (χ1n) is 9.15. The summed E-state index contributed by atoms with van der Waals surface area (Å²) in [7, 11) is 0. The maximum absolute atomic E-state index is 12.3. The van der Waals surface area contributed by atoms with E-state index in [0.717, 1.165) is 44.3 Å². The molecule has 1 aromatic heterocycles. The van der Waals surface area contributed by atoms with Crippen molar-refractivity contribution in [1.82, 2.24) is 15.4 Å². The average Bonchev–Trinajstić information content (AvgIpc) is 3.29. The normalized spacial score (nSPS) is 24.0. The summed E-state index contributed by atoms with van der Waals surface area (Å²) in [4.78, 5) is 26.5. The van der Waals surface area contributed by atoms with Crippen LogP contribution in [0.5, 0.6) is 0 Å². The van der Waals surface area contributed by atoms with Gasteiger partial charge in [0.1, 0.15) is 5.76 Å². The van der Waals surface area contributed by atoms with Crippen molar-refractivity contribution in [1.29, 1.82) is 0 Å². The Hall–Kier alpha value is -1.85. The van der Waals surface area contributed by atoms with Gasteiger partial charge in [-0.15, -0.1) is 0 Å². The molecule has 1 N–H and O–H groups in total. The van der Waals surface area contributed by atoms with Gasteiger partial charge in [0, 0.05) is 37.0 Å². The van der Waals surface area contributed by atoms with Gasteiger partial charge in [0.2, 0.25) is 5.91 Å². The molecule has 6 nitrogen and oxygen atoms in total. The van der Waals surface area contributed by atoms with Crippen LogP contribution in [0.3, 0.4) is 0 Å². The van der Waals surface area contributed by atoms with Crippen LogP contribution in [-0.2, 0) is 4.79 Å². The first-order chi connectivity index (χ1) is 11.6. The molecule has 3 rings (SSSR count). The number of nitrogens with zero attached hydrogens (tertiary/aromatic N) is 2. The Labute approximate surface area is 142 Å². The summed E-state index contributed by atoms with van der Waals surface area (Å²) >= 11 is 0. The molecule has 0 unspecified atom stereocenters. The largest absolute Gasteiger partial charge is 0.360 e. The van der Waals surface area contributed by atoms with Gasteiger partial charge in [-0.2, -0.15) is 0 Å². The third-order valence-corrected chi connectivity index (χ3v) is 5.02. The molecule has 1 saturated carbocycles. The minimum absolute atomic E-state index is 0.0869. The van der Waals surface area contributed by atoms with E-state index in [1.165, 1.54) is 0 Å². The van der Waals surface area contributed by atoms with Gasteiger partial charge < -0.3 is 14.7 Å². The highest BCUT2D eigenvalue weighted by Crippen LogP contribution is 2.40. The number of hydrogen-bond acceptors (Lipinski definition) is 4. The van der Waals surface area contributed by atoms with Crippen LogP contribution in [-0.4, -0.2) is 40.5 Å². The fourth-order valence-electron chi connectivity index (χ4n) is 3.36. The number of amides is 2. The second-order valence-electron chi connectivity index (χ2n) is 7.12. The zero-order chi connectivity index (χ0) is 17.1. The molecule has 0 radical (unpaired) electrons. The summed E-state index contributed by atoms with van der Waals surface area (Å²) in [6, 6.07) is 2.01. The molecule has 1 aliphatic carbocycles. The number of nitrogens with one attached hydrogen (secondary N) is 1. The van der Waals surface area contributed by atoms with Crippen molar-refractivity contribution >= 4 is 11.8 Å². The van der Waals surface area contributed by atoms with E-state index in [4.69, 9.17) is 4.52 Å². The van der Waals surface area contributed by atoms with E-state index in [0.29, 0.717) is 24.6 Å². The van der Waals surface area contributed by atoms with E-state index in [9.17, 15) is 9.59 Å². The first kappa shape index (κ1) is 17.0. The molecule has 1 saturated heterocycles. The number of aromatic nitrogens is 1. The molecule has 6 heteroatoms. The van der Waals surface area contributed by atoms with E-state index in [2.05, 4.69) is 24.3 Å². The van der Waals surface area contributed by atoms with E-state index in [1.54, 1.807) is 6.07 Å². The number of carbonyl (C=O) groups excluding carboxylic acids is 2. The minimum Gasteiger partial charge on any atom is -0.360 e. The molecule has 2 aliphatic rings. The predicted molar refractivity (Wildman–Crippen MR) is 89.7 cm³/mol. The second kappa shape index (κ2) is 7.36. The average molecular weight is 333 g/mol. The lowest BCUT2D eigenvalue weighted by Crippen LogP contribution is -2.50. The fraction of sp³-hybridized carbons (Fsp3) is 0.722. The number of carbonyl (C=O) groups is 2. The van der Waals surface area contributed by atoms with Gasteiger partial charge in [-0.25, -0.2) is 0 Å². The zero-order valence-electron chi connectivity index (χ0n) is 14.6. The molecule has 0 bridgehead atoms. The number of likely N-dealkylation sites (tertiary alicyclic amines) is 1. The molecule has 2 amide bonds. The zero-order valence-corrected chi connectivity index (χ0v) is 14.6. The summed E-state index contributed by atoms with van der Waals surface area (Å²) < 4.78 is 5.24. The third-order valence-electron chi connectivity index (χ3n) is 5.02. The van der Waals surface area contributed by atoms with Crippen LogP contribution in [0, 0.1) is 0 Å². The predicted octanol–water partition coefficient (Wildman–Crippen LogP) is 2.85. The lowest BCUT2D eigenvalue weighted by molar-refractivity contribution is -0.134. The van der Waals surface area contributed by atoms with Crippen molar-refractivity contribution in [3.63, 3.8) is 0 Å². The molecule has 0 aromatic carbocycles. The van der Waals surface area contributed by atoms with Gasteiger partial charge in [-0.05, 0) is 39.0 Å². The molecular formula is C18H27N3O3. The monoisotopic (exact) mass is 333 g/mol. The molecule has 24 heavy (non-hydrogen) atoms. The SMILES string of the molecule is CCCCC(=O)N1CC[C@H](NC(=O)c2cc(C3CC3)on2)C[C@H]1C. The van der Waals surface area contributed by atoms with E-state index in [1.807, 2.05) is 4.90 Å². The van der Waals surface area contributed by atoms with Crippen molar-refractivity contribution in [2.75, 3.05) is 6.54 Å². The van der Waals surface area contributed by atoms with Gasteiger partial charge in [0.25, 0.3) is 5.91 Å². The maximum Gasteiger partial charge on any atom is 0.273 e. The van der Waals surface area contributed by atoms with E-state index < -0.39 is 0 Å². The van der Waals surface area contributed by atoms with Gasteiger partial charge in [0.15, 0.2) is 5.69 Å². The van der Waals surface area contributed by atoms with Crippen LogP contribution >= 0.6 is 0 Å². The Balaban J connectivity index is 1.49. The Morgan fingerprint density at radius 1 is 1.38 bits per heavy atom. The summed E-state index contributed by atoms with van der Waals surface area (Å²) in [5, 5.41) is 6.93. The van der Waals surface area contributed by atoms with Crippen molar-refractivity contribution < 1.29 is 14.1 Å². The molecule has 132 valence electrons. The smallest absolute Gasteiger partial charge is 0.273 e. The van der Waals surface area contributed by atoms with Crippen molar-refractivity contribution in [3.05, 3.63) is 17.5 Å². The molecule has 0 spiro atoms. The third kappa shape index (κ3) is 3.97. The van der Waals surface area contributed by atoms with E-state index >= 15 is 0 Å². The van der Waals surface area contributed by atoms with Crippen LogP contribution in [0.4, 0.5) is 0 Å². The van der Waals surface area contributed by atoms with Crippen LogP contribution < -0.4 is 5.32 Å². The molecule has 1 aromatic rings. The van der Waals surface area contributed by atoms with Crippen LogP contribution in [0.1, 0.15) is 81.0 Å².